The molecule has 0 aliphatic heterocycles. The Morgan fingerprint density at radius 3 is 2.41 bits per heavy atom. The van der Waals surface area contributed by atoms with Crippen molar-refractivity contribution in [1.29, 1.82) is 0 Å². The lowest BCUT2D eigenvalue weighted by Crippen LogP contribution is -2.08. The van der Waals surface area contributed by atoms with Gasteiger partial charge in [-0.1, -0.05) is 44.2 Å². The molecule has 1 aromatic carbocycles. The van der Waals surface area contributed by atoms with E-state index in [-0.39, 0.29) is 0 Å². The van der Waals surface area contributed by atoms with E-state index >= 15 is 0 Å². The maximum atomic E-state index is 5.39. The van der Waals surface area contributed by atoms with E-state index in [1.165, 1.54) is 11.3 Å². The monoisotopic (exact) mass is 246 g/mol. The lowest BCUT2D eigenvalue weighted by atomic mass is 10.1. The first kappa shape index (κ1) is 12.1. The maximum Gasteiger partial charge on any atom is 0.177 e. The van der Waals surface area contributed by atoms with Crippen LogP contribution in [0, 0.1) is 4.77 Å². The van der Waals surface area contributed by atoms with Crippen molar-refractivity contribution in [3.05, 3.63) is 41.3 Å². The van der Waals surface area contributed by atoms with Crippen LogP contribution in [-0.4, -0.2) is 9.55 Å². The normalized spacial score (nSPS) is 11.0. The van der Waals surface area contributed by atoms with Crippen molar-refractivity contribution < 1.29 is 0 Å². The van der Waals surface area contributed by atoms with E-state index < -0.39 is 0 Å². The van der Waals surface area contributed by atoms with E-state index in [1.807, 2.05) is 12.3 Å². The number of aromatic amines is 1. The Morgan fingerprint density at radius 1 is 1.18 bits per heavy atom. The number of H-pyrrole nitrogens is 1. The molecule has 0 amide bonds. The van der Waals surface area contributed by atoms with Gasteiger partial charge in [-0.05, 0) is 30.6 Å². The minimum Gasteiger partial charge on any atom is -0.337 e. The van der Waals surface area contributed by atoms with Crippen LogP contribution in [0.25, 0.3) is 11.3 Å². The minimum absolute atomic E-state index is 0.476. The second-order valence-electron chi connectivity index (χ2n) is 4.19. The fourth-order valence-electron chi connectivity index (χ4n) is 2.23. The number of hydrogen-bond acceptors (Lipinski definition) is 1. The van der Waals surface area contributed by atoms with Crippen LogP contribution in [0.2, 0.25) is 0 Å². The summed E-state index contributed by atoms with van der Waals surface area (Å²) in [6.07, 6.45) is 4.21. The average molecular weight is 246 g/mol. The van der Waals surface area contributed by atoms with Crippen molar-refractivity contribution in [2.24, 2.45) is 0 Å². The summed E-state index contributed by atoms with van der Waals surface area (Å²) in [6, 6.07) is 10.9. The number of nitrogens with zero attached hydrogens (tertiary/aromatic N) is 1. The number of rotatable bonds is 4. The van der Waals surface area contributed by atoms with Gasteiger partial charge >= 0.3 is 0 Å². The van der Waals surface area contributed by atoms with Gasteiger partial charge in [-0.15, -0.1) is 0 Å². The highest BCUT2D eigenvalue weighted by atomic mass is 32.1. The van der Waals surface area contributed by atoms with Crippen LogP contribution in [-0.2, 0) is 0 Å². The molecule has 0 radical (unpaired) electrons. The second-order valence-corrected chi connectivity index (χ2v) is 4.57. The Hall–Kier alpha value is -1.35. The van der Waals surface area contributed by atoms with Gasteiger partial charge in [0, 0.05) is 12.2 Å². The van der Waals surface area contributed by atoms with Crippen molar-refractivity contribution in [3.63, 3.8) is 0 Å². The van der Waals surface area contributed by atoms with Crippen molar-refractivity contribution in [3.8, 4) is 11.3 Å². The molecular weight excluding hydrogens is 228 g/mol. The maximum absolute atomic E-state index is 5.39. The van der Waals surface area contributed by atoms with Gasteiger partial charge in [-0.3, -0.25) is 0 Å². The molecular formula is C14H18N2S. The zero-order valence-electron chi connectivity index (χ0n) is 10.3. The number of nitrogens with one attached hydrogen (secondary N) is 1. The number of aromatic nitrogens is 2. The summed E-state index contributed by atoms with van der Waals surface area (Å²) in [5, 5.41) is 0. The van der Waals surface area contributed by atoms with E-state index in [0.29, 0.717) is 6.04 Å². The predicted octanol–water partition coefficient (Wildman–Crippen LogP) is 4.57. The summed E-state index contributed by atoms with van der Waals surface area (Å²) in [4.78, 5) is 3.16. The summed E-state index contributed by atoms with van der Waals surface area (Å²) < 4.78 is 3.06. The SMILES string of the molecule is CCC(CC)n1c(-c2ccccc2)c[nH]c1=S. The first-order chi connectivity index (χ1) is 8.27. The Labute approximate surface area is 107 Å². The first-order valence-corrected chi connectivity index (χ1v) is 6.54. The van der Waals surface area contributed by atoms with Crippen LogP contribution >= 0.6 is 12.2 Å². The molecule has 0 saturated carbocycles. The third kappa shape index (κ3) is 2.34. The van der Waals surface area contributed by atoms with E-state index in [2.05, 4.69) is 47.7 Å². The summed E-state index contributed by atoms with van der Waals surface area (Å²) >= 11 is 5.39. The van der Waals surface area contributed by atoms with Gasteiger partial charge in [0.1, 0.15) is 0 Å². The molecule has 1 aromatic heterocycles. The number of benzene rings is 1. The van der Waals surface area contributed by atoms with Gasteiger partial charge in [0.15, 0.2) is 4.77 Å². The van der Waals surface area contributed by atoms with Gasteiger partial charge in [-0.2, -0.15) is 0 Å². The average Bonchev–Trinajstić information content (AvgIpc) is 2.75. The summed E-state index contributed by atoms with van der Waals surface area (Å²) in [5.41, 5.74) is 2.40. The highest BCUT2D eigenvalue weighted by Crippen LogP contribution is 2.26. The van der Waals surface area contributed by atoms with Gasteiger partial charge in [0.05, 0.1) is 5.69 Å². The molecule has 1 heterocycles. The van der Waals surface area contributed by atoms with E-state index in [9.17, 15) is 0 Å². The van der Waals surface area contributed by atoms with Crippen LogP contribution in [0.3, 0.4) is 0 Å². The third-order valence-electron chi connectivity index (χ3n) is 3.19. The predicted molar refractivity (Wildman–Crippen MR) is 74.7 cm³/mol. The van der Waals surface area contributed by atoms with Crippen molar-refractivity contribution in [2.75, 3.05) is 0 Å². The Kier molecular flexibility index (Phi) is 3.79. The molecule has 0 saturated heterocycles. The Morgan fingerprint density at radius 2 is 1.82 bits per heavy atom. The summed E-state index contributed by atoms with van der Waals surface area (Å²) in [5.74, 6) is 0. The zero-order chi connectivity index (χ0) is 12.3. The number of imidazole rings is 1. The van der Waals surface area contributed by atoms with Crippen molar-refractivity contribution in [1.82, 2.24) is 9.55 Å². The molecule has 0 atom stereocenters. The lowest BCUT2D eigenvalue weighted by molar-refractivity contribution is 0.471. The lowest BCUT2D eigenvalue weighted by Gasteiger charge is -2.17. The molecule has 17 heavy (non-hydrogen) atoms. The smallest absolute Gasteiger partial charge is 0.177 e. The Bertz CT molecular complexity index is 521. The van der Waals surface area contributed by atoms with Crippen molar-refractivity contribution >= 4 is 12.2 Å². The van der Waals surface area contributed by atoms with Crippen LogP contribution in [0.5, 0.6) is 0 Å². The third-order valence-corrected chi connectivity index (χ3v) is 3.50. The fraction of sp³-hybridized carbons (Fsp3) is 0.357. The fourth-order valence-corrected chi connectivity index (χ4v) is 2.53. The molecule has 2 nitrogen and oxygen atoms in total. The second kappa shape index (κ2) is 5.32. The molecule has 2 rings (SSSR count). The summed E-state index contributed by atoms with van der Waals surface area (Å²) in [6.45, 7) is 4.41. The molecule has 3 heteroatoms. The molecule has 0 bridgehead atoms. The highest BCUT2D eigenvalue weighted by Gasteiger charge is 2.13. The minimum atomic E-state index is 0.476. The molecule has 0 unspecified atom stereocenters. The van der Waals surface area contributed by atoms with Crippen LogP contribution in [0.15, 0.2) is 36.5 Å². The zero-order valence-corrected chi connectivity index (χ0v) is 11.1. The molecule has 0 spiro atoms. The topological polar surface area (TPSA) is 20.7 Å². The van der Waals surface area contributed by atoms with Gasteiger partial charge in [0.2, 0.25) is 0 Å². The van der Waals surface area contributed by atoms with E-state index in [1.54, 1.807) is 0 Å². The van der Waals surface area contributed by atoms with Gasteiger partial charge in [-0.25, -0.2) is 0 Å². The number of hydrogen-bond donors (Lipinski definition) is 1. The van der Waals surface area contributed by atoms with Gasteiger partial charge < -0.3 is 9.55 Å². The highest BCUT2D eigenvalue weighted by molar-refractivity contribution is 7.71. The van der Waals surface area contributed by atoms with E-state index in [0.717, 1.165) is 17.6 Å². The van der Waals surface area contributed by atoms with Crippen LogP contribution < -0.4 is 0 Å². The largest absolute Gasteiger partial charge is 0.337 e. The quantitative estimate of drug-likeness (QED) is 0.783. The Balaban J connectivity index is 2.53. The van der Waals surface area contributed by atoms with Crippen LogP contribution in [0.1, 0.15) is 32.7 Å². The van der Waals surface area contributed by atoms with E-state index in [4.69, 9.17) is 12.2 Å². The standard InChI is InChI=1S/C14H18N2S/c1-3-12(4-2)16-13(10-15-14(16)17)11-8-6-5-7-9-11/h5-10,12H,3-4H2,1-2H3,(H,15,17). The van der Waals surface area contributed by atoms with Crippen LogP contribution in [0.4, 0.5) is 0 Å². The molecule has 90 valence electrons. The molecule has 0 fully saturated rings. The molecule has 0 aliphatic carbocycles. The van der Waals surface area contributed by atoms with Gasteiger partial charge in [0.25, 0.3) is 0 Å². The molecule has 0 aliphatic rings. The van der Waals surface area contributed by atoms with Crippen molar-refractivity contribution in [2.45, 2.75) is 32.7 Å². The first-order valence-electron chi connectivity index (χ1n) is 6.13. The molecule has 2 aromatic rings. The molecule has 1 N–H and O–H groups in total. The summed E-state index contributed by atoms with van der Waals surface area (Å²) in [7, 11) is 0.